The number of aryl methyl sites for hydroxylation is 1. The minimum absolute atomic E-state index is 0.111. The Bertz CT molecular complexity index is 839. The van der Waals surface area contributed by atoms with Gasteiger partial charge in [0, 0.05) is 21.4 Å². The summed E-state index contributed by atoms with van der Waals surface area (Å²) in [5.41, 5.74) is 6.68. The maximum Gasteiger partial charge on any atom is 0.245 e. The summed E-state index contributed by atoms with van der Waals surface area (Å²) in [5, 5.41) is 4.09. The Balaban J connectivity index is 1.71. The van der Waals surface area contributed by atoms with Crippen LogP contribution in [0.25, 0.3) is 5.69 Å². The van der Waals surface area contributed by atoms with Crippen molar-refractivity contribution < 1.29 is 14.3 Å². The topological polar surface area (TPSA) is 64.8 Å². The standard InChI is InChI=1S/C19H22BrN3O3/c1-13-10-15(14(2)23(13)17-7-5-4-6-16(17)20)12-21-22-18(24)11-19(3)25-8-9-26-19/h4-7,10,12H,8-9,11H2,1-3H3,(H,22,24)/b21-12-. The highest BCUT2D eigenvalue weighted by atomic mass is 79.9. The van der Waals surface area contributed by atoms with Crippen LogP contribution < -0.4 is 5.43 Å². The first kappa shape index (κ1) is 18.8. The van der Waals surface area contributed by atoms with Crippen molar-refractivity contribution in [2.75, 3.05) is 13.2 Å². The predicted octanol–water partition coefficient (Wildman–Crippen LogP) is 3.46. The Morgan fingerprint density at radius 2 is 2.04 bits per heavy atom. The molecule has 1 N–H and O–H groups in total. The van der Waals surface area contributed by atoms with Crippen LogP contribution in [0.15, 0.2) is 39.9 Å². The second-order valence-corrected chi connectivity index (χ2v) is 7.27. The number of benzene rings is 1. The van der Waals surface area contributed by atoms with E-state index in [1.165, 1.54) is 0 Å². The van der Waals surface area contributed by atoms with E-state index in [4.69, 9.17) is 9.47 Å². The molecular formula is C19H22BrN3O3. The molecule has 1 amide bonds. The van der Waals surface area contributed by atoms with Gasteiger partial charge in [-0.3, -0.25) is 4.79 Å². The molecule has 26 heavy (non-hydrogen) atoms. The highest BCUT2D eigenvalue weighted by Gasteiger charge is 2.33. The number of hydrogen-bond donors (Lipinski definition) is 1. The van der Waals surface area contributed by atoms with Crippen LogP contribution in [-0.4, -0.2) is 35.7 Å². The van der Waals surface area contributed by atoms with Gasteiger partial charge in [0.05, 0.1) is 31.5 Å². The molecule has 1 aliphatic rings. The molecule has 0 spiro atoms. The monoisotopic (exact) mass is 419 g/mol. The molecule has 0 radical (unpaired) electrons. The first-order chi connectivity index (χ1) is 12.4. The van der Waals surface area contributed by atoms with Gasteiger partial charge in [-0.2, -0.15) is 5.10 Å². The Labute approximate surface area is 161 Å². The Hall–Kier alpha value is -1.96. The summed E-state index contributed by atoms with van der Waals surface area (Å²) in [7, 11) is 0. The number of rotatable bonds is 5. The van der Waals surface area contributed by atoms with Gasteiger partial charge in [0.15, 0.2) is 5.79 Å². The summed E-state index contributed by atoms with van der Waals surface area (Å²) in [6.45, 7) is 6.84. The molecule has 138 valence electrons. The number of aromatic nitrogens is 1. The van der Waals surface area contributed by atoms with Crippen LogP contribution in [-0.2, 0) is 14.3 Å². The molecule has 3 rings (SSSR count). The lowest BCUT2D eigenvalue weighted by molar-refractivity contribution is -0.159. The number of hydrogen-bond acceptors (Lipinski definition) is 4. The number of carbonyl (C=O) groups excluding carboxylic acids is 1. The normalized spacial score (nSPS) is 16.3. The number of carbonyl (C=O) groups is 1. The van der Waals surface area contributed by atoms with Crippen LogP contribution in [0.4, 0.5) is 0 Å². The van der Waals surface area contributed by atoms with Crippen molar-refractivity contribution in [1.82, 2.24) is 9.99 Å². The number of ether oxygens (including phenoxy) is 2. The van der Waals surface area contributed by atoms with E-state index < -0.39 is 5.79 Å². The highest BCUT2D eigenvalue weighted by molar-refractivity contribution is 9.10. The second kappa shape index (κ2) is 7.73. The van der Waals surface area contributed by atoms with Crippen LogP contribution in [0.3, 0.4) is 0 Å². The van der Waals surface area contributed by atoms with Crippen LogP contribution in [0.1, 0.15) is 30.3 Å². The maximum absolute atomic E-state index is 12.0. The molecule has 6 nitrogen and oxygen atoms in total. The molecule has 0 unspecified atom stereocenters. The molecule has 1 fully saturated rings. The fourth-order valence-electron chi connectivity index (χ4n) is 3.09. The van der Waals surface area contributed by atoms with Crippen molar-refractivity contribution in [3.63, 3.8) is 0 Å². The summed E-state index contributed by atoms with van der Waals surface area (Å²) in [4.78, 5) is 12.0. The molecule has 7 heteroatoms. The molecule has 2 aromatic rings. The average molecular weight is 420 g/mol. The molecule has 1 aliphatic heterocycles. The number of para-hydroxylation sites is 1. The van der Waals surface area contributed by atoms with Crippen molar-refractivity contribution in [3.8, 4) is 5.69 Å². The third kappa shape index (κ3) is 4.06. The Kier molecular flexibility index (Phi) is 5.60. The van der Waals surface area contributed by atoms with Gasteiger partial charge in [-0.25, -0.2) is 5.43 Å². The molecule has 2 heterocycles. The number of nitrogens with one attached hydrogen (secondary N) is 1. The lowest BCUT2D eigenvalue weighted by atomic mass is 10.2. The average Bonchev–Trinajstić information content (AvgIpc) is 3.12. The Morgan fingerprint density at radius 3 is 2.73 bits per heavy atom. The summed E-state index contributed by atoms with van der Waals surface area (Å²) in [6.07, 6.45) is 1.77. The third-order valence-corrected chi connectivity index (χ3v) is 5.01. The molecule has 0 bridgehead atoms. The van der Waals surface area contributed by atoms with Crippen molar-refractivity contribution in [1.29, 1.82) is 0 Å². The number of amides is 1. The summed E-state index contributed by atoms with van der Waals surface area (Å²) < 4.78 is 14.0. The van der Waals surface area contributed by atoms with Gasteiger partial charge >= 0.3 is 0 Å². The lowest BCUT2D eigenvalue weighted by Gasteiger charge is -2.20. The maximum atomic E-state index is 12.0. The first-order valence-electron chi connectivity index (χ1n) is 8.43. The predicted molar refractivity (Wildman–Crippen MR) is 104 cm³/mol. The van der Waals surface area contributed by atoms with Crippen LogP contribution in [0, 0.1) is 13.8 Å². The van der Waals surface area contributed by atoms with Gasteiger partial charge in [0.2, 0.25) is 5.91 Å². The van der Waals surface area contributed by atoms with Gasteiger partial charge in [-0.05, 0) is 54.9 Å². The second-order valence-electron chi connectivity index (χ2n) is 6.41. The van der Waals surface area contributed by atoms with Gasteiger partial charge in [0.1, 0.15) is 0 Å². The summed E-state index contributed by atoms with van der Waals surface area (Å²) >= 11 is 3.59. The van der Waals surface area contributed by atoms with E-state index in [1.54, 1.807) is 13.1 Å². The Morgan fingerprint density at radius 1 is 1.35 bits per heavy atom. The van der Waals surface area contributed by atoms with Crippen molar-refractivity contribution >= 4 is 28.1 Å². The largest absolute Gasteiger partial charge is 0.347 e. The molecule has 0 atom stereocenters. The van der Waals surface area contributed by atoms with Crippen LogP contribution in [0.5, 0.6) is 0 Å². The van der Waals surface area contributed by atoms with E-state index in [-0.39, 0.29) is 12.3 Å². The number of nitrogens with zero attached hydrogens (tertiary/aromatic N) is 2. The van der Waals surface area contributed by atoms with Gasteiger partial charge in [-0.15, -0.1) is 0 Å². The van der Waals surface area contributed by atoms with Crippen molar-refractivity contribution in [2.24, 2.45) is 5.10 Å². The zero-order valence-electron chi connectivity index (χ0n) is 15.1. The minimum Gasteiger partial charge on any atom is -0.347 e. The molecule has 0 saturated carbocycles. The quantitative estimate of drug-likeness (QED) is 0.595. The SMILES string of the molecule is Cc1cc(/C=N\NC(=O)CC2(C)OCCO2)c(C)n1-c1ccccc1Br. The molecule has 1 saturated heterocycles. The zero-order chi connectivity index (χ0) is 18.7. The molecular weight excluding hydrogens is 398 g/mol. The fraction of sp³-hybridized carbons (Fsp3) is 0.368. The van der Waals surface area contributed by atoms with Gasteiger partial charge in [-0.1, -0.05) is 12.1 Å². The molecule has 1 aromatic carbocycles. The lowest BCUT2D eigenvalue weighted by Crippen LogP contribution is -2.33. The zero-order valence-corrected chi connectivity index (χ0v) is 16.7. The van der Waals surface area contributed by atoms with E-state index >= 15 is 0 Å². The molecule has 0 aliphatic carbocycles. The number of halogens is 1. The van der Waals surface area contributed by atoms with Crippen LogP contribution >= 0.6 is 15.9 Å². The highest BCUT2D eigenvalue weighted by Crippen LogP contribution is 2.26. The van der Waals surface area contributed by atoms with Crippen molar-refractivity contribution in [3.05, 3.63) is 51.8 Å². The molecule has 1 aromatic heterocycles. The van der Waals surface area contributed by atoms with Crippen LogP contribution in [0.2, 0.25) is 0 Å². The van der Waals surface area contributed by atoms with Gasteiger partial charge < -0.3 is 14.0 Å². The van der Waals surface area contributed by atoms with E-state index in [1.807, 2.05) is 38.1 Å². The van der Waals surface area contributed by atoms with E-state index in [0.29, 0.717) is 13.2 Å². The summed E-state index contributed by atoms with van der Waals surface area (Å²) in [6, 6.07) is 10.1. The minimum atomic E-state index is -0.852. The van der Waals surface area contributed by atoms with Gasteiger partial charge in [0.25, 0.3) is 0 Å². The third-order valence-electron chi connectivity index (χ3n) is 4.34. The summed E-state index contributed by atoms with van der Waals surface area (Å²) in [5.74, 6) is -1.10. The van der Waals surface area contributed by atoms with E-state index in [0.717, 1.165) is 27.1 Å². The van der Waals surface area contributed by atoms with Crippen molar-refractivity contribution in [2.45, 2.75) is 33.0 Å². The van der Waals surface area contributed by atoms with E-state index in [9.17, 15) is 4.79 Å². The smallest absolute Gasteiger partial charge is 0.245 e. The first-order valence-corrected chi connectivity index (χ1v) is 9.22. The fourth-order valence-corrected chi connectivity index (χ4v) is 3.55. The van der Waals surface area contributed by atoms with E-state index in [2.05, 4.69) is 37.1 Å². The number of hydrazone groups is 1.